The van der Waals surface area contributed by atoms with E-state index in [0.717, 1.165) is 28.2 Å². The summed E-state index contributed by atoms with van der Waals surface area (Å²) >= 11 is 5.88. The molecule has 1 heterocycles. The number of aliphatic imine (C=N–C) groups is 1. The molecule has 2 atom stereocenters. The molecule has 0 aromatic heterocycles. The highest BCUT2D eigenvalue weighted by atomic mass is 35.5. The summed E-state index contributed by atoms with van der Waals surface area (Å²) in [6.07, 6.45) is 10.4. The highest BCUT2D eigenvalue weighted by Gasteiger charge is 2.23. The third-order valence-corrected chi connectivity index (χ3v) is 8.60. The first-order chi connectivity index (χ1) is 19.9. The van der Waals surface area contributed by atoms with Gasteiger partial charge in [-0.05, 0) is 84.0 Å². The van der Waals surface area contributed by atoms with Gasteiger partial charge in [-0.3, -0.25) is 9.79 Å². The number of benzene rings is 3. The average molecular weight is 570 g/mol. The minimum Gasteiger partial charge on any atom is -0.480 e. The molecule has 3 aromatic rings. The second-order valence-electron chi connectivity index (χ2n) is 11.0. The lowest BCUT2D eigenvalue weighted by Gasteiger charge is -2.28. The standard InChI is InChI=1S/C34H36ClN3O3/c1-2-22-3-7-24(8-4-22)25-11-13-26(14-12-25)29-20-36-32(37-21-29)27-9-5-23(6-10-27)19-31(34(40)41)38-33(39)28-15-17-30(35)18-16-28/h5-6,9-18,20-22,24,31-32,36H,2-4,7-8,19H2,1H3,(H,38,39)(H,40,41)/t22-,24-,31-,32?/m0/s1. The average Bonchev–Trinajstić information content (AvgIpc) is 3.01. The fourth-order valence-electron chi connectivity index (χ4n) is 5.71. The van der Waals surface area contributed by atoms with Crippen LogP contribution < -0.4 is 10.6 Å². The molecule has 1 fully saturated rings. The van der Waals surface area contributed by atoms with E-state index in [1.165, 1.54) is 37.7 Å². The quantitative estimate of drug-likeness (QED) is 0.255. The van der Waals surface area contributed by atoms with E-state index in [2.05, 4.69) is 41.8 Å². The SMILES string of the molecule is CC[C@H]1CC[C@H](c2ccc(C3=CNC(c4ccc(C[C@H](NC(=O)c5ccc(Cl)cc5)C(=O)O)cc4)N=C3)cc2)CC1. The summed E-state index contributed by atoms with van der Waals surface area (Å²) < 4.78 is 0. The van der Waals surface area contributed by atoms with Crippen molar-refractivity contribution in [3.05, 3.63) is 112 Å². The molecule has 2 aliphatic rings. The van der Waals surface area contributed by atoms with E-state index in [1.54, 1.807) is 24.3 Å². The fourth-order valence-corrected chi connectivity index (χ4v) is 5.84. The van der Waals surface area contributed by atoms with Crippen molar-refractivity contribution in [2.75, 3.05) is 0 Å². The molecule has 6 nitrogen and oxygen atoms in total. The Bertz CT molecular complexity index is 1410. The van der Waals surface area contributed by atoms with Gasteiger partial charge in [-0.1, -0.05) is 73.5 Å². The van der Waals surface area contributed by atoms with Crippen LogP contribution in [0.3, 0.4) is 0 Å². The number of allylic oxidation sites excluding steroid dienone is 1. The molecule has 0 bridgehead atoms. The minimum atomic E-state index is -1.09. The predicted octanol–water partition coefficient (Wildman–Crippen LogP) is 7.16. The summed E-state index contributed by atoms with van der Waals surface area (Å²) in [4.78, 5) is 29.1. The van der Waals surface area contributed by atoms with E-state index in [0.29, 0.717) is 16.5 Å². The van der Waals surface area contributed by atoms with Gasteiger partial charge in [0.1, 0.15) is 12.2 Å². The van der Waals surface area contributed by atoms with Crippen LogP contribution in [0.2, 0.25) is 5.02 Å². The molecule has 7 heteroatoms. The molecule has 1 aliphatic heterocycles. The topological polar surface area (TPSA) is 90.8 Å². The number of carboxylic acids is 1. The van der Waals surface area contributed by atoms with Crippen LogP contribution in [0.25, 0.3) is 5.57 Å². The second-order valence-corrected chi connectivity index (χ2v) is 11.4. The number of carbonyl (C=O) groups excluding carboxylic acids is 1. The van der Waals surface area contributed by atoms with Crippen LogP contribution in [0.1, 0.15) is 83.7 Å². The van der Waals surface area contributed by atoms with Gasteiger partial charge in [0.15, 0.2) is 0 Å². The number of nitrogens with zero attached hydrogens (tertiary/aromatic N) is 1. The van der Waals surface area contributed by atoms with Gasteiger partial charge >= 0.3 is 5.97 Å². The Morgan fingerprint density at radius 3 is 2.20 bits per heavy atom. The van der Waals surface area contributed by atoms with Crippen LogP contribution in [0.5, 0.6) is 0 Å². The lowest BCUT2D eigenvalue weighted by atomic mass is 9.77. The zero-order valence-electron chi connectivity index (χ0n) is 23.2. The van der Waals surface area contributed by atoms with Gasteiger partial charge in [0.25, 0.3) is 5.91 Å². The normalized spacial score (nSPS) is 20.9. The highest BCUT2D eigenvalue weighted by molar-refractivity contribution is 6.30. The van der Waals surface area contributed by atoms with Crippen molar-refractivity contribution in [1.29, 1.82) is 0 Å². The summed E-state index contributed by atoms with van der Waals surface area (Å²) in [7, 11) is 0. The van der Waals surface area contributed by atoms with Crippen LogP contribution in [0.4, 0.5) is 0 Å². The number of hydrogen-bond acceptors (Lipinski definition) is 4. The lowest BCUT2D eigenvalue weighted by molar-refractivity contribution is -0.139. The molecule has 0 spiro atoms. The van der Waals surface area contributed by atoms with Crippen molar-refractivity contribution >= 4 is 35.3 Å². The number of halogens is 1. The van der Waals surface area contributed by atoms with E-state index in [4.69, 9.17) is 16.6 Å². The number of aliphatic carboxylic acids is 1. The maximum Gasteiger partial charge on any atom is 0.326 e. The van der Waals surface area contributed by atoms with E-state index >= 15 is 0 Å². The second kappa shape index (κ2) is 13.2. The molecule has 41 heavy (non-hydrogen) atoms. The maximum absolute atomic E-state index is 12.5. The van der Waals surface area contributed by atoms with Crippen LogP contribution in [0, 0.1) is 5.92 Å². The molecule has 0 saturated heterocycles. The van der Waals surface area contributed by atoms with E-state index in [1.807, 2.05) is 36.7 Å². The first-order valence-electron chi connectivity index (χ1n) is 14.4. The van der Waals surface area contributed by atoms with E-state index < -0.39 is 17.9 Å². The molecule has 3 N–H and O–H groups in total. The Hall–Kier alpha value is -3.90. The summed E-state index contributed by atoms with van der Waals surface area (Å²) in [5.74, 6) is 0.0311. The third-order valence-electron chi connectivity index (χ3n) is 8.34. The molecule has 1 saturated carbocycles. The van der Waals surface area contributed by atoms with E-state index in [9.17, 15) is 14.7 Å². The fraction of sp³-hybridized carbons (Fsp3) is 0.324. The highest BCUT2D eigenvalue weighted by Crippen LogP contribution is 2.37. The van der Waals surface area contributed by atoms with Gasteiger partial charge in [-0.2, -0.15) is 0 Å². The lowest BCUT2D eigenvalue weighted by Crippen LogP contribution is -2.42. The smallest absolute Gasteiger partial charge is 0.326 e. The van der Waals surface area contributed by atoms with Crippen molar-refractivity contribution < 1.29 is 14.7 Å². The first-order valence-corrected chi connectivity index (χ1v) is 14.7. The zero-order chi connectivity index (χ0) is 28.8. The molecule has 5 rings (SSSR count). The molecular weight excluding hydrogens is 534 g/mol. The first kappa shape index (κ1) is 28.6. The van der Waals surface area contributed by atoms with Gasteiger partial charge in [0.2, 0.25) is 0 Å². The van der Waals surface area contributed by atoms with Gasteiger partial charge < -0.3 is 15.7 Å². The monoisotopic (exact) mass is 569 g/mol. The minimum absolute atomic E-state index is 0.163. The molecular formula is C34H36ClN3O3. The van der Waals surface area contributed by atoms with Crippen molar-refractivity contribution in [2.45, 2.75) is 63.6 Å². The summed E-state index contributed by atoms with van der Waals surface area (Å²) in [6, 6.07) is 21.8. The predicted molar refractivity (Wildman–Crippen MR) is 164 cm³/mol. The summed E-state index contributed by atoms with van der Waals surface area (Å²) in [5, 5.41) is 16.2. The molecule has 3 aromatic carbocycles. The number of carboxylic acid groups (broad SMARTS) is 1. The molecule has 1 unspecified atom stereocenters. The van der Waals surface area contributed by atoms with Crippen molar-refractivity contribution in [3.8, 4) is 0 Å². The Balaban J connectivity index is 1.16. The number of nitrogens with one attached hydrogen (secondary N) is 2. The van der Waals surface area contributed by atoms with Crippen molar-refractivity contribution in [1.82, 2.24) is 10.6 Å². The Kier molecular flexibility index (Phi) is 9.20. The van der Waals surface area contributed by atoms with E-state index in [-0.39, 0.29) is 12.6 Å². The summed E-state index contributed by atoms with van der Waals surface area (Å²) in [6.45, 7) is 2.30. The molecule has 1 aliphatic carbocycles. The van der Waals surface area contributed by atoms with Gasteiger partial charge in [0, 0.05) is 35.0 Å². The zero-order valence-corrected chi connectivity index (χ0v) is 24.0. The van der Waals surface area contributed by atoms with Gasteiger partial charge in [-0.15, -0.1) is 0 Å². The Labute approximate surface area is 246 Å². The Morgan fingerprint density at radius 2 is 1.61 bits per heavy atom. The number of carbonyl (C=O) groups is 2. The van der Waals surface area contributed by atoms with Crippen LogP contribution in [0.15, 0.2) is 84.0 Å². The van der Waals surface area contributed by atoms with Gasteiger partial charge in [0.05, 0.1) is 0 Å². The third kappa shape index (κ3) is 7.25. The largest absolute Gasteiger partial charge is 0.480 e. The van der Waals surface area contributed by atoms with Gasteiger partial charge in [-0.25, -0.2) is 4.79 Å². The Morgan fingerprint density at radius 1 is 0.951 bits per heavy atom. The molecule has 0 radical (unpaired) electrons. The van der Waals surface area contributed by atoms with Crippen molar-refractivity contribution in [3.63, 3.8) is 0 Å². The molecule has 1 amide bonds. The van der Waals surface area contributed by atoms with Crippen LogP contribution in [-0.2, 0) is 11.2 Å². The van der Waals surface area contributed by atoms with Crippen LogP contribution in [-0.4, -0.2) is 29.2 Å². The number of rotatable bonds is 9. The summed E-state index contributed by atoms with van der Waals surface area (Å²) in [5.41, 5.74) is 5.75. The maximum atomic E-state index is 12.5. The number of amides is 1. The van der Waals surface area contributed by atoms with Crippen LogP contribution >= 0.6 is 11.6 Å². The molecule has 212 valence electrons. The van der Waals surface area contributed by atoms with Crippen molar-refractivity contribution in [2.24, 2.45) is 10.9 Å². The number of hydrogen-bond donors (Lipinski definition) is 3.